The molecule has 5 heteroatoms. The SMILES string of the molecule is c1ccc2cc(-c3nc(-c4ccc5ccccc5c4-n4c5ccc6ccccc6c5c5c6ccccc6ccc54)nc(-c4cccc5oc6ccccc6c45)n3)ccc2c1. The van der Waals surface area contributed by atoms with Crippen LogP contribution in [-0.2, 0) is 0 Å². The van der Waals surface area contributed by atoms with Crippen molar-refractivity contribution >= 4 is 86.8 Å². The zero-order chi connectivity index (χ0) is 39.3. The molecule has 0 saturated heterocycles. The van der Waals surface area contributed by atoms with Gasteiger partial charge < -0.3 is 8.98 Å². The number of furan rings is 1. The lowest BCUT2D eigenvalue weighted by molar-refractivity contribution is 0.669. The van der Waals surface area contributed by atoms with E-state index in [-0.39, 0.29) is 0 Å². The van der Waals surface area contributed by atoms with Crippen LogP contribution in [0.25, 0.3) is 127 Å². The minimum atomic E-state index is 0.582. The number of nitrogens with zero attached hydrogens (tertiary/aromatic N) is 4. The highest BCUT2D eigenvalue weighted by atomic mass is 16.3. The molecule has 0 fully saturated rings. The molecular weight excluding hydrogens is 733 g/mol. The van der Waals surface area contributed by atoms with Crippen LogP contribution in [0.15, 0.2) is 199 Å². The van der Waals surface area contributed by atoms with Crippen molar-refractivity contribution in [3.05, 3.63) is 194 Å². The Kier molecular flexibility index (Phi) is 6.95. The predicted octanol–water partition coefficient (Wildman–Crippen LogP) is 14.5. The van der Waals surface area contributed by atoms with Gasteiger partial charge in [-0.25, -0.2) is 15.0 Å². The van der Waals surface area contributed by atoms with Gasteiger partial charge in [-0.1, -0.05) is 158 Å². The Bertz CT molecular complexity index is 3820. The fraction of sp³-hybridized carbons (Fsp3) is 0. The van der Waals surface area contributed by atoms with Crippen LogP contribution in [0.3, 0.4) is 0 Å². The summed E-state index contributed by atoms with van der Waals surface area (Å²) in [5, 5.41) is 13.8. The number of para-hydroxylation sites is 1. The van der Waals surface area contributed by atoms with Gasteiger partial charge >= 0.3 is 0 Å². The summed E-state index contributed by atoms with van der Waals surface area (Å²) in [7, 11) is 0. The largest absolute Gasteiger partial charge is 0.456 e. The van der Waals surface area contributed by atoms with E-state index in [1.165, 1.54) is 32.3 Å². The third-order valence-electron chi connectivity index (χ3n) is 12.2. The van der Waals surface area contributed by atoms with Gasteiger partial charge in [0.05, 0.1) is 16.7 Å². The number of hydrogen-bond donors (Lipinski definition) is 0. The molecule has 0 aliphatic heterocycles. The minimum absolute atomic E-state index is 0.582. The Morgan fingerprint density at radius 3 is 1.57 bits per heavy atom. The van der Waals surface area contributed by atoms with Gasteiger partial charge in [-0.05, 0) is 74.1 Å². The summed E-state index contributed by atoms with van der Waals surface area (Å²) in [4.78, 5) is 16.2. The van der Waals surface area contributed by atoms with Crippen LogP contribution in [0.5, 0.6) is 0 Å². The Morgan fingerprint density at radius 2 is 0.850 bits per heavy atom. The highest BCUT2D eigenvalue weighted by Crippen LogP contribution is 2.45. The maximum absolute atomic E-state index is 6.38. The van der Waals surface area contributed by atoms with E-state index in [4.69, 9.17) is 19.4 Å². The predicted molar refractivity (Wildman–Crippen MR) is 248 cm³/mol. The lowest BCUT2D eigenvalue weighted by atomic mass is 10.00. The molecule has 0 saturated carbocycles. The molecule has 0 N–H and O–H groups in total. The van der Waals surface area contributed by atoms with Crippen molar-refractivity contribution in [3.63, 3.8) is 0 Å². The van der Waals surface area contributed by atoms with E-state index >= 15 is 0 Å². The first kappa shape index (κ1) is 32.9. The topological polar surface area (TPSA) is 56.7 Å². The maximum Gasteiger partial charge on any atom is 0.166 e. The third kappa shape index (κ3) is 4.84. The second kappa shape index (κ2) is 12.7. The zero-order valence-corrected chi connectivity index (χ0v) is 32.2. The molecule has 3 aromatic heterocycles. The van der Waals surface area contributed by atoms with Crippen molar-refractivity contribution in [1.82, 2.24) is 19.5 Å². The Hall–Kier alpha value is -8.15. The van der Waals surface area contributed by atoms with Crippen LogP contribution in [0.1, 0.15) is 0 Å². The van der Waals surface area contributed by atoms with Crippen LogP contribution in [0.2, 0.25) is 0 Å². The lowest BCUT2D eigenvalue weighted by Crippen LogP contribution is -2.04. The Morgan fingerprint density at radius 1 is 0.333 bits per heavy atom. The van der Waals surface area contributed by atoms with Gasteiger partial charge in [0.15, 0.2) is 17.5 Å². The number of rotatable bonds is 4. The summed E-state index contributed by atoms with van der Waals surface area (Å²) in [5.41, 5.74) is 7.59. The van der Waals surface area contributed by atoms with Crippen molar-refractivity contribution < 1.29 is 4.42 Å². The summed E-state index contributed by atoms with van der Waals surface area (Å²) in [5.74, 6) is 1.77. The van der Waals surface area contributed by atoms with Crippen LogP contribution in [-0.4, -0.2) is 19.5 Å². The summed E-state index contributed by atoms with van der Waals surface area (Å²) < 4.78 is 8.83. The van der Waals surface area contributed by atoms with E-state index in [1.54, 1.807) is 0 Å². The van der Waals surface area contributed by atoms with Gasteiger partial charge in [-0.2, -0.15) is 0 Å². The van der Waals surface area contributed by atoms with E-state index in [9.17, 15) is 0 Å². The average molecular weight is 765 g/mol. The van der Waals surface area contributed by atoms with Gasteiger partial charge in [0, 0.05) is 43.6 Å². The van der Waals surface area contributed by atoms with Crippen LogP contribution < -0.4 is 0 Å². The maximum atomic E-state index is 6.38. The number of aromatic nitrogens is 4. The van der Waals surface area contributed by atoms with Crippen molar-refractivity contribution in [2.24, 2.45) is 0 Å². The highest BCUT2D eigenvalue weighted by molar-refractivity contribution is 6.29. The van der Waals surface area contributed by atoms with Crippen molar-refractivity contribution in [2.75, 3.05) is 0 Å². The fourth-order valence-electron chi connectivity index (χ4n) is 9.50. The molecule has 5 nitrogen and oxygen atoms in total. The first-order valence-electron chi connectivity index (χ1n) is 20.3. The zero-order valence-electron chi connectivity index (χ0n) is 32.2. The van der Waals surface area contributed by atoms with Crippen LogP contribution >= 0.6 is 0 Å². The molecule has 0 spiro atoms. The summed E-state index contributed by atoms with van der Waals surface area (Å²) in [6.45, 7) is 0. The molecule has 10 aromatic carbocycles. The fourth-order valence-corrected chi connectivity index (χ4v) is 9.50. The average Bonchev–Trinajstić information content (AvgIpc) is 3.87. The van der Waals surface area contributed by atoms with Crippen molar-refractivity contribution in [2.45, 2.75) is 0 Å². The third-order valence-corrected chi connectivity index (χ3v) is 12.2. The Labute approximate surface area is 343 Å². The second-order valence-corrected chi connectivity index (χ2v) is 15.5. The van der Waals surface area contributed by atoms with Crippen LogP contribution in [0.4, 0.5) is 0 Å². The van der Waals surface area contributed by atoms with E-state index in [0.717, 1.165) is 76.9 Å². The van der Waals surface area contributed by atoms with E-state index in [1.807, 2.05) is 30.3 Å². The molecule has 0 unspecified atom stereocenters. The molecule has 0 aliphatic rings. The van der Waals surface area contributed by atoms with Crippen LogP contribution in [0, 0.1) is 0 Å². The van der Waals surface area contributed by atoms with E-state index in [0.29, 0.717) is 17.5 Å². The molecule has 3 heterocycles. The molecule has 278 valence electrons. The van der Waals surface area contributed by atoms with Gasteiger partial charge in [-0.15, -0.1) is 0 Å². The smallest absolute Gasteiger partial charge is 0.166 e. The monoisotopic (exact) mass is 764 g/mol. The number of hydrogen-bond acceptors (Lipinski definition) is 4. The molecule has 13 aromatic rings. The summed E-state index contributed by atoms with van der Waals surface area (Å²) in [6, 6.07) is 68.6. The standard InChI is InChI=1S/C55H32N4O/c1-2-16-37-32-38(25-24-33(37)12-1)53-56-54(43-21-11-23-48-49(43)42-20-9-10-22-47(42)60-48)58-55(57-53)44-29-26-36-15-5-8-19-41(36)52(44)59-45-30-27-34-13-3-6-17-39(34)50(45)51-40-18-7-4-14-35(40)28-31-46(51)59/h1-32H. The first-order valence-corrected chi connectivity index (χ1v) is 20.3. The second-order valence-electron chi connectivity index (χ2n) is 15.5. The molecule has 13 rings (SSSR count). The molecule has 60 heavy (non-hydrogen) atoms. The molecule has 0 aliphatic carbocycles. The first-order chi connectivity index (χ1) is 29.7. The molecule has 0 atom stereocenters. The Balaban J connectivity index is 1.17. The van der Waals surface area contributed by atoms with E-state index in [2.05, 4.69) is 168 Å². The van der Waals surface area contributed by atoms with Gasteiger partial charge in [0.25, 0.3) is 0 Å². The van der Waals surface area contributed by atoms with E-state index < -0.39 is 0 Å². The van der Waals surface area contributed by atoms with Crippen molar-refractivity contribution in [1.29, 1.82) is 0 Å². The van der Waals surface area contributed by atoms with Crippen molar-refractivity contribution in [3.8, 4) is 39.9 Å². The van der Waals surface area contributed by atoms with Gasteiger partial charge in [0.2, 0.25) is 0 Å². The minimum Gasteiger partial charge on any atom is -0.456 e. The number of benzene rings is 10. The lowest BCUT2D eigenvalue weighted by Gasteiger charge is -2.17. The molecule has 0 radical (unpaired) electrons. The van der Waals surface area contributed by atoms with Gasteiger partial charge in [0.1, 0.15) is 11.2 Å². The summed E-state index contributed by atoms with van der Waals surface area (Å²) in [6.07, 6.45) is 0. The number of fused-ring (bicyclic) bond motifs is 12. The van der Waals surface area contributed by atoms with Gasteiger partial charge in [-0.3, -0.25) is 0 Å². The molecular formula is C55H32N4O. The summed E-state index contributed by atoms with van der Waals surface area (Å²) >= 11 is 0. The highest BCUT2D eigenvalue weighted by Gasteiger charge is 2.24. The normalized spacial score (nSPS) is 12.0. The molecule has 0 amide bonds. The quantitative estimate of drug-likeness (QED) is 0.179. The molecule has 0 bridgehead atoms.